The van der Waals surface area contributed by atoms with Crippen molar-refractivity contribution < 1.29 is 9.53 Å². The quantitative estimate of drug-likeness (QED) is 0.806. The Morgan fingerprint density at radius 3 is 2.47 bits per heavy atom. The molecule has 0 saturated heterocycles. The van der Waals surface area contributed by atoms with Crippen LogP contribution in [-0.2, 0) is 6.54 Å². The Balaban J connectivity index is 1.88. The molecule has 1 N–H and O–H groups in total. The van der Waals surface area contributed by atoms with Crippen LogP contribution >= 0.6 is 0 Å². The SMILES string of the molecule is COc1ccccc1CNCC(=O)c1ccccc1. The second kappa shape index (κ2) is 6.71. The van der Waals surface area contributed by atoms with Gasteiger partial charge in [0.25, 0.3) is 0 Å². The number of nitrogens with one attached hydrogen (secondary N) is 1. The van der Waals surface area contributed by atoms with Crippen LogP contribution in [0.25, 0.3) is 0 Å². The molecule has 0 atom stereocenters. The zero-order chi connectivity index (χ0) is 13.5. The third kappa shape index (κ3) is 3.66. The summed E-state index contributed by atoms with van der Waals surface area (Å²) in [5.41, 5.74) is 1.78. The van der Waals surface area contributed by atoms with Gasteiger partial charge in [-0.25, -0.2) is 0 Å². The molecular weight excluding hydrogens is 238 g/mol. The van der Waals surface area contributed by atoms with Gasteiger partial charge in [-0.3, -0.25) is 4.79 Å². The van der Waals surface area contributed by atoms with Crippen LogP contribution in [0.4, 0.5) is 0 Å². The van der Waals surface area contributed by atoms with Gasteiger partial charge in [0.1, 0.15) is 5.75 Å². The van der Waals surface area contributed by atoms with Crippen molar-refractivity contribution >= 4 is 5.78 Å². The van der Waals surface area contributed by atoms with Gasteiger partial charge in [-0.15, -0.1) is 0 Å². The predicted octanol–water partition coefficient (Wildman–Crippen LogP) is 2.67. The zero-order valence-electron chi connectivity index (χ0n) is 10.9. The molecule has 0 amide bonds. The molecule has 0 unspecified atom stereocenters. The lowest BCUT2D eigenvalue weighted by atomic mass is 10.1. The monoisotopic (exact) mass is 255 g/mol. The van der Waals surface area contributed by atoms with E-state index in [1.807, 2.05) is 54.6 Å². The van der Waals surface area contributed by atoms with Crippen molar-refractivity contribution in [2.24, 2.45) is 0 Å². The number of carbonyl (C=O) groups is 1. The number of Topliss-reactive ketones (excluding diaryl/α,β-unsaturated/α-hetero) is 1. The first-order valence-corrected chi connectivity index (χ1v) is 6.22. The van der Waals surface area contributed by atoms with E-state index in [1.54, 1.807) is 7.11 Å². The molecule has 0 aliphatic carbocycles. The van der Waals surface area contributed by atoms with Crippen molar-refractivity contribution in [3.63, 3.8) is 0 Å². The highest BCUT2D eigenvalue weighted by Gasteiger charge is 2.05. The average molecular weight is 255 g/mol. The van der Waals surface area contributed by atoms with Crippen molar-refractivity contribution in [2.75, 3.05) is 13.7 Å². The van der Waals surface area contributed by atoms with Crippen LogP contribution in [0, 0.1) is 0 Å². The molecule has 98 valence electrons. The fraction of sp³-hybridized carbons (Fsp3) is 0.188. The smallest absolute Gasteiger partial charge is 0.176 e. The van der Waals surface area contributed by atoms with Gasteiger partial charge in [0, 0.05) is 17.7 Å². The lowest BCUT2D eigenvalue weighted by Crippen LogP contribution is -2.22. The van der Waals surface area contributed by atoms with Crippen LogP contribution in [0.2, 0.25) is 0 Å². The molecule has 0 aliphatic heterocycles. The van der Waals surface area contributed by atoms with Gasteiger partial charge in [-0.1, -0.05) is 48.5 Å². The summed E-state index contributed by atoms with van der Waals surface area (Å²) in [6, 6.07) is 17.1. The van der Waals surface area contributed by atoms with E-state index in [4.69, 9.17) is 4.74 Å². The Labute approximate surface area is 113 Å². The predicted molar refractivity (Wildman–Crippen MR) is 75.5 cm³/mol. The van der Waals surface area contributed by atoms with E-state index in [9.17, 15) is 4.79 Å². The first-order valence-electron chi connectivity index (χ1n) is 6.22. The minimum Gasteiger partial charge on any atom is -0.496 e. The Kier molecular flexibility index (Phi) is 4.70. The number of ether oxygens (including phenoxy) is 1. The summed E-state index contributed by atoms with van der Waals surface area (Å²) in [5.74, 6) is 0.928. The van der Waals surface area contributed by atoms with Crippen LogP contribution in [0.1, 0.15) is 15.9 Å². The van der Waals surface area contributed by atoms with Crippen molar-refractivity contribution in [3.8, 4) is 5.75 Å². The van der Waals surface area contributed by atoms with Crippen molar-refractivity contribution in [2.45, 2.75) is 6.54 Å². The van der Waals surface area contributed by atoms with E-state index in [2.05, 4.69) is 5.32 Å². The Morgan fingerprint density at radius 1 is 1.05 bits per heavy atom. The molecule has 2 aromatic carbocycles. The fourth-order valence-electron chi connectivity index (χ4n) is 1.89. The number of benzene rings is 2. The third-order valence-corrected chi connectivity index (χ3v) is 2.89. The van der Waals surface area contributed by atoms with Crippen molar-refractivity contribution in [3.05, 3.63) is 65.7 Å². The van der Waals surface area contributed by atoms with Crippen molar-refractivity contribution in [1.29, 1.82) is 0 Å². The second-order valence-electron chi connectivity index (χ2n) is 4.20. The third-order valence-electron chi connectivity index (χ3n) is 2.89. The maximum atomic E-state index is 11.9. The van der Waals surface area contributed by atoms with Crippen LogP contribution in [-0.4, -0.2) is 19.4 Å². The summed E-state index contributed by atoms with van der Waals surface area (Å²) in [6.07, 6.45) is 0. The number of carbonyl (C=O) groups excluding carboxylic acids is 1. The summed E-state index contributed by atoms with van der Waals surface area (Å²) < 4.78 is 5.26. The number of methoxy groups -OCH3 is 1. The summed E-state index contributed by atoms with van der Waals surface area (Å²) in [7, 11) is 1.65. The molecule has 0 aromatic heterocycles. The maximum absolute atomic E-state index is 11.9. The van der Waals surface area contributed by atoms with Gasteiger partial charge in [-0.2, -0.15) is 0 Å². The van der Waals surface area contributed by atoms with Gasteiger partial charge in [0.15, 0.2) is 5.78 Å². The molecule has 0 saturated carbocycles. The molecule has 0 spiro atoms. The van der Waals surface area contributed by atoms with Gasteiger partial charge in [-0.05, 0) is 6.07 Å². The number of ketones is 1. The minimum atomic E-state index is 0.0931. The first kappa shape index (κ1) is 13.3. The summed E-state index contributed by atoms with van der Waals surface area (Å²) in [4.78, 5) is 11.9. The number of para-hydroxylation sites is 1. The van der Waals surface area contributed by atoms with E-state index in [0.29, 0.717) is 13.1 Å². The topological polar surface area (TPSA) is 38.3 Å². The molecule has 3 heteroatoms. The number of hydrogen-bond acceptors (Lipinski definition) is 3. The molecule has 0 heterocycles. The molecule has 0 radical (unpaired) electrons. The lowest BCUT2D eigenvalue weighted by Gasteiger charge is -2.09. The van der Waals surface area contributed by atoms with E-state index in [1.165, 1.54) is 0 Å². The Hall–Kier alpha value is -2.13. The van der Waals surface area contributed by atoms with Gasteiger partial charge >= 0.3 is 0 Å². The normalized spacial score (nSPS) is 10.2. The van der Waals surface area contributed by atoms with E-state index >= 15 is 0 Å². The Morgan fingerprint density at radius 2 is 1.74 bits per heavy atom. The first-order chi connectivity index (χ1) is 9.31. The molecule has 2 rings (SSSR count). The molecule has 0 aliphatic rings. The molecule has 0 fully saturated rings. The minimum absolute atomic E-state index is 0.0931. The fourth-order valence-corrected chi connectivity index (χ4v) is 1.89. The highest BCUT2D eigenvalue weighted by Crippen LogP contribution is 2.16. The molecular formula is C16H17NO2. The average Bonchev–Trinajstić information content (AvgIpc) is 2.48. The number of hydrogen-bond donors (Lipinski definition) is 1. The standard InChI is InChI=1S/C16H17NO2/c1-19-16-10-6-5-9-14(16)11-17-12-15(18)13-7-3-2-4-8-13/h2-10,17H,11-12H2,1H3. The molecule has 3 nitrogen and oxygen atoms in total. The van der Waals surface area contributed by atoms with Crippen LogP contribution in [0.3, 0.4) is 0 Å². The van der Waals surface area contributed by atoms with Crippen molar-refractivity contribution in [1.82, 2.24) is 5.32 Å². The van der Waals surface area contributed by atoms with Gasteiger partial charge in [0.2, 0.25) is 0 Å². The van der Waals surface area contributed by atoms with Crippen LogP contribution < -0.4 is 10.1 Å². The highest BCUT2D eigenvalue weighted by atomic mass is 16.5. The molecule has 2 aromatic rings. The van der Waals surface area contributed by atoms with E-state index in [0.717, 1.165) is 16.9 Å². The van der Waals surface area contributed by atoms with Crippen LogP contribution in [0.5, 0.6) is 5.75 Å². The summed E-state index contributed by atoms with van der Waals surface area (Å²) >= 11 is 0. The van der Waals surface area contributed by atoms with Crippen LogP contribution in [0.15, 0.2) is 54.6 Å². The summed E-state index contributed by atoms with van der Waals surface area (Å²) in [6.45, 7) is 0.935. The Bertz CT molecular complexity index is 537. The van der Waals surface area contributed by atoms with E-state index in [-0.39, 0.29) is 5.78 Å². The largest absolute Gasteiger partial charge is 0.496 e. The second-order valence-corrected chi connectivity index (χ2v) is 4.20. The highest BCUT2D eigenvalue weighted by molar-refractivity contribution is 5.97. The van der Waals surface area contributed by atoms with Gasteiger partial charge < -0.3 is 10.1 Å². The maximum Gasteiger partial charge on any atom is 0.176 e. The lowest BCUT2D eigenvalue weighted by molar-refractivity contribution is 0.0990. The molecule has 0 bridgehead atoms. The summed E-state index contributed by atoms with van der Waals surface area (Å²) in [5, 5.41) is 3.15. The van der Waals surface area contributed by atoms with Gasteiger partial charge in [0.05, 0.1) is 13.7 Å². The molecule has 19 heavy (non-hydrogen) atoms. The zero-order valence-corrected chi connectivity index (χ0v) is 10.9. The number of rotatable bonds is 6. The van der Waals surface area contributed by atoms with E-state index < -0.39 is 0 Å².